The minimum atomic E-state index is -3.67. The standard InChI is InChI=1S/C12H20N4O4S/c1-3-10-11(8-15(2)13-10)14-21(19,20)16-6-4-9(5-7-16)12(17)18/h8-9,14H,3-7H2,1-2H3,(H,17,18). The Kier molecular flexibility index (Phi) is 4.52. The van der Waals surface area contributed by atoms with E-state index in [1.807, 2.05) is 6.92 Å². The summed E-state index contributed by atoms with van der Waals surface area (Å²) in [6.45, 7) is 2.33. The fraction of sp³-hybridized carbons (Fsp3) is 0.667. The molecule has 0 aromatic carbocycles. The molecule has 0 radical (unpaired) electrons. The van der Waals surface area contributed by atoms with Crippen molar-refractivity contribution in [1.82, 2.24) is 14.1 Å². The normalized spacial score (nSPS) is 17.8. The third-order valence-corrected chi connectivity index (χ3v) is 5.15. The molecule has 1 fully saturated rings. The maximum Gasteiger partial charge on any atom is 0.306 e. The van der Waals surface area contributed by atoms with Crippen LogP contribution in [0.2, 0.25) is 0 Å². The summed E-state index contributed by atoms with van der Waals surface area (Å²) in [6, 6.07) is 0. The van der Waals surface area contributed by atoms with E-state index in [1.165, 1.54) is 4.31 Å². The molecule has 0 saturated carbocycles. The molecule has 0 aliphatic carbocycles. The lowest BCUT2D eigenvalue weighted by molar-refractivity contribution is -0.142. The van der Waals surface area contributed by atoms with Gasteiger partial charge in [0.05, 0.1) is 17.3 Å². The molecule has 118 valence electrons. The van der Waals surface area contributed by atoms with Gasteiger partial charge >= 0.3 is 16.2 Å². The average Bonchev–Trinajstić information content (AvgIpc) is 2.78. The van der Waals surface area contributed by atoms with Crippen LogP contribution in [0.1, 0.15) is 25.5 Å². The van der Waals surface area contributed by atoms with Crippen LogP contribution >= 0.6 is 0 Å². The summed E-state index contributed by atoms with van der Waals surface area (Å²) in [4.78, 5) is 10.9. The Morgan fingerprint density at radius 3 is 2.62 bits per heavy atom. The van der Waals surface area contributed by atoms with Gasteiger partial charge in [-0.3, -0.25) is 14.2 Å². The van der Waals surface area contributed by atoms with Crippen LogP contribution in [0.5, 0.6) is 0 Å². The topological polar surface area (TPSA) is 105 Å². The second-order valence-corrected chi connectivity index (χ2v) is 6.81. The molecule has 0 atom stereocenters. The molecule has 9 heteroatoms. The molecule has 0 spiro atoms. The monoisotopic (exact) mass is 316 g/mol. The molecule has 0 unspecified atom stereocenters. The van der Waals surface area contributed by atoms with Crippen LogP contribution in [-0.2, 0) is 28.5 Å². The Bertz CT molecular complexity index is 617. The number of carboxylic acid groups (broad SMARTS) is 1. The van der Waals surface area contributed by atoms with Crippen molar-refractivity contribution in [3.63, 3.8) is 0 Å². The van der Waals surface area contributed by atoms with E-state index in [4.69, 9.17) is 5.11 Å². The summed E-state index contributed by atoms with van der Waals surface area (Å²) < 4.78 is 30.1. The summed E-state index contributed by atoms with van der Waals surface area (Å²) >= 11 is 0. The predicted octanol–water partition coefficient (Wildman–Crippen LogP) is 0.436. The number of hydrogen-bond acceptors (Lipinski definition) is 4. The lowest BCUT2D eigenvalue weighted by atomic mass is 9.99. The van der Waals surface area contributed by atoms with Crippen LogP contribution in [0, 0.1) is 5.92 Å². The lowest BCUT2D eigenvalue weighted by Gasteiger charge is -2.29. The number of nitrogens with zero attached hydrogens (tertiary/aromatic N) is 3. The van der Waals surface area contributed by atoms with Crippen LogP contribution in [0.4, 0.5) is 5.69 Å². The van der Waals surface area contributed by atoms with Gasteiger partial charge in [-0.2, -0.15) is 17.8 Å². The van der Waals surface area contributed by atoms with Gasteiger partial charge in [-0.15, -0.1) is 0 Å². The first-order chi connectivity index (χ1) is 9.83. The van der Waals surface area contributed by atoms with Crippen LogP contribution < -0.4 is 4.72 Å². The first-order valence-corrected chi connectivity index (χ1v) is 8.30. The summed E-state index contributed by atoms with van der Waals surface area (Å²) in [6.07, 6.45) is 2.92. The third kappa shape index (κ3) is 3.53. The molecule has 0 amide bonds. The Morgan fingerprint density at radius 2 is 2.10 bits per heavy atom. The van der Waals surface area contributed by atoms with Crippen molar-refractivity contribution in [3.05, 3.63) is 11.9 Å². The molecular formula is C12H20N4O4S. The van der Waals surface area contributed by atoms with Crippen molar-refractivity contribution in [2.24, 2.45) is 13.0 Å². The number of aryl methyl sites for hydroxylation is 2. The molecular weight excluding hydrogens is 296 g/mol. The van der Waals surface area contributed by atoms with Gasteiger partial charge in [-0.25, -0.2) is 0 Å². The maximum atomic E-state index is 12.3. The number of hydrogen-bond donors (Lipinski definition) is 2. The summed E-state index contributed by atoms with van der Waals surface area (Å²) in [5.41, 5.74) is 1.15. The van der Waals surface area contributed by atoms with Crippen molar-refractivity contribution in [3.8, 4) is 0 Å². The molecule has 1 aromatic rings. The molecule has 2 N–H and O–H groups in total. The molecule has 21 heavy (non-hydrogen) atoms. The van der Waals surface area contributed by atoms with Crippen LogP contribution in [0.25, 0.3) is 0 Å². The van der Waals surface area contributed by atoms with Crippen LogP contribution in [0.15, 0.2) is 6.20 Å². The predicted molar refractivity (Wildman–Crippen MR) is 77.1 cm³/mol. The Hall–Kier alpha value is -1.61. The van der Waals surface area contributed by atoms with Gasteiger partial charge in [-0.05, 0) is 19.3 Å². The number of nitrogens with one attached hydrogen (secondary N) is 1. The molecule has 0 bridgehead atoms. The zero-order valence-corrected chi connectivity index (χ0v) is 12.9. The SMILES string of the molecule is CCc1nn(C)cc1NS(=O)(=O)N1CCC(C(=O)O)CC1. The zero-order chi connectivity index (χ0) is 15.6. The first-order valence-electron chi connectivity index (χ1n) is 6.86. The Balaban J connectivity index is 2.07. The van der Waals surface area contributed by atoms with Crippen molar-refractivity contribution in [1.29, 1.82) is 0 Å². The lowest BCUT2D eigenvalue weighted by Crippen LogP contribution is -2.43. The van der Waals surface area contributed by atoms with E-state index < -0.39 is 22.1 Å². The maximum absolute atomic E-state index is 12.3. The van der Waals surface area contributed by atoms with Crippen molar-refractivity contribution in [2.75, 3.05) is 17.8 Å². The van der Waals surface area contributed by atoms with Gasteiger partial charge in [0.1, 0.15) is 0 Å². The minimum absolute atomic E-state index is 0.216. The fourth-order valence-electron chi connectivity index (χ4n) is 2.43. The summed E-state index contributed by atoms with van der Waals surface area (Å²) in [7, 11) is -1.94. The van der Waals surface area contributed by atoms with E-state index in [9.17, 15) is 13.2 Å². The van der Waals surface area contributed by atoms with Crippen molar-refractivity contribution < 1.29 is 18.3 Å². The van der Waals surface area contributed by atoms with E-state index >= 15 is 0 Å². The number of rotatable bonds is 5. The minimum Gasteiger partial charge on any atom is -0.481 e. The number of carboxylic acids is 1. The van der Waals surface area contributed by atoms with Gasteiger partial charge < -0.3 is 5.11 Å². The van der Waals surface area contributed by atoms with Gasteiger partial charge in [-0.1, -0.05) is 6.92 Å². The second kappa shape index (κ2) is 6.02. The number of aromatic nitrogens is 2. The largest absolute Gasteiger partial charge is 0.481 e. The molecule has 1 aliphatic rings. The summed E-state index contributed by atoms with van der Waals surface area (Å²) in [5, 5.41) is 13.1. The Morgan fingerprint density at radius 1 is 1.48 bits per heavy atom. The number of aliphatic carboxylic acids is 1. The number of piperidine rings is 1. The highest BCUT2D eigenvalue weighted by atomic mass is 32.2. The molecule has 2 heterocycles. The van der Waals surface area contributed by atoms with E-state index in [2.05, 4.69) is 9.82 Å². The van der Waals surface area contributed by atoms with Gasteiger partial charge in [0.2, 0.25) is 0 Å². The average molecular weight is 316 g/mol. The molecule has 1 aliphatic heterocycles. The summed E-state index contributed by atoms with van der Waals surface area (Å²) in [5.74, 6) is -1.32. The molecule has 1 aromatic heterocycles. The highest BCUT2D eigenvalue weighted by Crippen LogP contribution is 2.22. The third-order valence-electron chi connectivity index (χ3n) is 3.62. The second-order valence-electron chi connectivity index (χ2n) is 5.14. The van der Waals surface area contributed by atoms with E-state index in [1.54, 1.807) is 17.9 Å². The molecule has 1 saturated heterocycles. The molecule has 2 rings (SSSR count). The first kappa shape index (κ1) is 15.8. The van der Waals surface area contributed by atoms with Crippen molar-refractivity contribution >= 4 is 21.9 Å². The van der Waals surface area contributed by atoms with E-state index in [0.717, 1.165) is 0 Å². The fourth-order valence-corrected chi connectivity index (χ4v) is 3.70. The number of anilines is 1. The molecule has 8 nitrogen and oxygen atoms in total. The van der Waals surface area contributed by atoms with Crippen LogP contribution in [0.3, 0.4) is 0 Å². The van der Waals surface area contributed by atoms with Gasteiger partial charge in [0, 0.05) is 26.3 Å². The van der Waals surface area contributed by atoms with E-state index in [-0.39, 0.29) is 13.1 Å². The quantitative estimate of drug-likeness (QED) is 0.820. The Labute approximate surface area is 123 Å². The van der Waals surface area contributed by atoms with Crippen molar-refractivity contribution in [2.45, 2.75) is 26.2 Å². The van der Waals surface area contributed by atoms with Gasteiger partial charge in [0.25, 0.3) is 0 Å². The van der Waals surface area contributed by atoms with Gasteiger partial charge in [0.15, 0.2) is 0 Å². The van der Waals surface area contributed by atoms with E-state index in [0.29, 0.717) is 30.6 Å². The highest BCUT2D eigenvalue weighted by Gasteiger charge is 2.31. The zero-order valence-electron chi connectivity index (χ0n) is 12.1. The smallest absolute Gasteiger partial charge is 0.306 e. The number of carbonyl (C=O) groups is 1. The highest BCUT2D eigenvalue weighted by molar-refractivity contribution is 7.90. The van der Waals surface area contributed by atoms with Crippen LogP contribution in [-0.4, -0.2) is 46.7 Å².